The van der Waals surface area contributed by atoms with Gasteiger partial charge in [0.15, 0.2) is 5.82 Å². The number of benzene rings is 1. The van der Waals surface area contributed by atoms with Crippen molar-refractivity contribution in [2.24, 2.45) is 11.7 Å². The molecule has 0 saturated carbocycles. The molecule has 0 bridgehead atoms. The van der Waals surface area contributed by atoms with E-state index in [4.69, 9.17) is 10.3 Å². The predicted molar refractivity (Wildman–Crippen MR) is 86.3 cm³/mol. The first kappa shape index (κ1) is 15.7. The minimum Gasteiger partial charge on any atom is -0.370 e. The Hall–Kier alpha value is -2.21. The van der Waals surface area contributed by atoms with Gasteiger partial charge in [0.25, 0.3) is 5.89 Å². The highest BCUT2D eigenvalue weighted by molar-refractivity contribution is 5.74. The number of nitrogens with two attached hydrogens (primary N) is 1. The zero-order chi connectivity index (χ0) is 16.2. The Morgan fingerprint density at radius 3 is 2.87 bits per heavy atom. The molecular formula is C17H22N4O2. The normalized spacial score (nSPS) is 16.6. The summed E-state index contributed by atoms with van der Waals surface area (Å²) in [5.74, 6) is 1.48. The van der Waals surface area contributed by atoms with Crippen LogP contribution in [0.1, 0.15) is 30.7 Å². The first-order valence-electron chi connectivity index (χ1n) is 8.00. The number of hydrogen-bond donors (Lipinski definition) is 1. The van der Waals surface area contributed by atoms with Crippen molar-refractivity contribution in [2.75, 3.05) is 13.1 Å². The van der Waals surface area contributed by atoms with E-state index in [1.165, 1.54) is 5.56 Å². The van der Waals surface area contributed by atoms with Crippen LogP contribution in [0.2, 0.25) is 0 Å². The molecule has 1 amide bonds. The summed E-state index contributed by atoms with van der Waals surface area (Å²) in [5.41, 5.74) is 7.38. The number of hydrogen-bond acceptors (Lipinski definition) is 5. The molecule has 0 atom stereocenters. The Balaban J connectivity index is 1.57. The third-order valence-electron chi connectivity index (χ3n) is 4.30. The van der Waals surface area contributed by atoms with Crippen LogP contribution < -0.4 is 5.73 Å². The molecule has 23 heavy (non-hydrogen) atoms. The van der Waals surface area contributed by atoms with Gasteiger partial charge in [-0.2, -0.15) is 4.98 Å². The average molecular weight is 314 g/mol. The van der Waals surface area contributed by atoms with Gasteiger partial charge in [-0.05, 0) is 50.9 Å². The number of aromatic nitrogens is 2. The van der Waals surface area contributed by atoms with Crippen molar-refractivity contribution < 1.29 is 9.32 Å². The quantitative estimate of drug-likeness (QED) is 0.914. The van der Waals surface area contributed by atoms with E-state index in [0.29, 0.717) is 30.6 Å². The highest BCUT2D eigenvalue weighted by atomic mass is 16.5. The fraction of sp³-hybridized carbons (Fsp3) is 0.471. The van der Waals surface area contributed by atoms with Crippen molar-refractivity contribution >= 4 is 5.91 Å². The van der Waals surface area contributed by atoms with E-state index in [-0.39, 0.29) is 5.91 Å². The van der Waals surface area contributed by atoms with E-state index in [0.717, 1.165) is 31.5 Å². The number of piperidine rings is 1. The van der Waals surface area contributed by atoms with Gasteiger partial charge in [-0.25, -0.2) is 0 Å². The third-order valence-corrected chi connectivity index (χ3v) is 4.30. The molecule has 1 aliphatic rings. The molecule has 1 aromatic heterocycles. The van der Waals surface area contributed by atoms with Gasteiger partial charge in [-0.1, -0.05) is 22.9 Å². The molecule has 1 aromatic carbocycles. The van der Waals surface area contributed by atoms with E-state index >= 15 is 0 Å². The molecule has 2 heterocycles. The van der Waals surface area contributed by atoms with Crippen LogP contribution in [0.25, 0.3) is 11.5 Å². The number of nitrogens with zero attached hydrogens (tertiary/aromatic N) is 3. The zero-order valence-electron chi connectivity index (χ0n) is 13.4. The molecule has 3 rings (SSSR count). The van der Waals surface area contributed by atoms with Gasteiger partial charge in [0, 0.05) is 12.0 Å². The fourth-order valence-corrected chi connectivity index (χ4v) is 3.05. The van der Waals surface area contributed by atoms with Gasteiger partial charge in [0.1, 0.15) is 0 Å². The standard InChI is InChI=1S/C17H22N4O2/c1-12-3-2-4-14(9-12)17-19-16(20-23-17)11-21-7-5-13(6-8-21)10-15(18)22/h2-4,9,13H,5-8,10-11H2,1H3,(H2,18,22). The van der Waals surface area contributed by atoms with Gasteiger partial charge in [0.05, 0.1) is 6.54 Å². The lowest BCUT2D eigenvalue weighted by Gasteiger charge is -2.30. The van der Waals surface area contributed by atoms with Crippen LogP contribution in [0.15, 0.2) is 28.8 Å². The topological polar surface area (TPSA) is 85.3 Å². The Morgan fingerprint density at radius 2 is 2.17 bits per heavy atom. The number of carbonyl (C=O) groups is 1. The van der Waals surface area contributed by atoms with E-state index < -0.39 is 0 Å². The molecule has 1 saturated heterocycles. The number of amides is 1. The summed E-state index contributed by atoms with van der Waals surface area (Å²) in [4.78, 5) is 17.8. The molecule has 1 aliphatic heterocycles. The van der Waals surface area contributed by atoms with Gasteiger partial charge >= 0.3 is 0 Å². The highest BCUT2D eigenvalue weighted by Crippen LogP contribution is 2.22. The minimum absolute atomic E-state index is 0.204. The van der Waals surface area contributed by atoms with E-state index in [9.17, 15) is 4.79 Å². The molecule has 2 aromatic rings. The lowest BCUT2D eigenvalue weighted by Crippen LogP contribution is -2.34. The molecule has 0 unspecified atom stereocenters. The summed E-state index contributed by atoms with van der Waals surface area (Å²) in [6.07, 6.45) is 2.48. The number of likely N-dealkylation sites (tertiary alicyclic amines) is 1. The van der Waals surface area contributed by atoms with Crippen LogP contribution in [0, 0.1) is 12.8 Å². The number of carbonyl (C=O) groups excluding carboxylic acids is 1. The van der Waals surface area contributed by atoms with Crippen LogP contribution >= 0.6 is 0 Å². The van der Waals surface area contributed by atoms with Crippen LogP contribution in [0.5, 0.6) is 0 Å². The second-order valence-corrected chi connectivity index (χ2v) is 6.28. The summed E-state index contributed by atoms with van der Waals surface area (Å²) in [7, 11) is 0. The maximum Gasteiger partial charge on any atom is 0.257 e. The molecule has 2 N–H and O–H groups in total. The van der Waals surface area contributed by atoms with Crippen molar-refractivity contribution in [3.8, 4) is 11.5 Å². The number of primary amides is 1. The summed E-state index contributed by atoms with van der Waals surface area (Å²) >= 11 is 0. The first-order chi connectivity index (χ1) is 11.1. The monoisotopic (exact) mass is 314 g/mol. The van der Waals surface area contributed by atoms with Crippen molar-refractivity contribution in [2.45, 2.75) is 32.7 Å². The predicted octanol–water partition coefficient (Wildman–Crippen LogP) is 2.13. The smallest absolute Gasteiger partial charge is 0.257 e. The third kappa shape index (κ3) is 4.16. The van der Waals surface area contributed by atoms with Gasteiger partial charge in [0.2, 0.25) is 5.91 Å². The minimum atomic E-state index is -0.204. The summed E-state index contributed by atoms with van der Waals surface area (Å²) in [6.45, 7) is 4.59. The maximum absolute atomic E-state index is 11.0. The maximum atomic E-state index is 11.0. The fourth-order valence-electron chi connectivity index (χ4n) is 3.05. The summed E-state index contributed by atoms with van der Waals surface area (Å²) in [5, 5.41) is 4.08. The lowest BCUT2D eigenvalue weighted by atomic mass is 9.93. The molecule has 6 heteroatoms. The Labute approximate surface area is 135 Å². The molecule has 0 spiro atoms. The Kier molecular flexibility index (Phi) is 4.71. The first-order valence-corrected chi connectivity index (χ1v) is 8.00. The van der Waals surface area contributed by atoms with E-state index in [1.807, 2.05) is 31.2 Å². The zero-order valence-corrected chi connectivity index (χ0v) is 13.4. The van der Waals surface area contributed by atoms with Crippen molar-refractivity contribution in [3.63, 3.8) is 0 Å². The second kappa shape index (κ2) is 6.91. The second-order valence-electron chi connectivity index (χ2n) is 6.28. The van der Waals surface area contributed by atoms with E-state index in [2.05, 4.69) is 15.0 Å². The largest absolute Gasteiger partial charge is 0.370 e. The lowest BCUT2D eigenvalue weighted by molar-refractivity contribution is -0.119. The van der Waals surface area contributed by atoms with E-state index in [1.54, 1.807) is 0 Å². The molecule has 1 fully saturated rings. The Bertz CT molecular complexity index is 675. The van der Waals surface area contributed by atoms with Crippen LogP contribution in [0.3, 0.4) is 0 Å². The van der Waals surface area contributed by atoms with Crippen LogP contribution in [0.4, 0.5) is 0 Å². The van der Waals surface area contributed by atoms with Crippen molar-refractivity contribution in [1.29, 1.82) is 0 Å². The average Bonchev–Trinajstić information content (AvgIpc) is 2.97. The molecule has 0 radical (unpaired) electrons. The summed E-state index contributed by atoms with van der Waals surface area (Å²) < 4.78 is 5.37. The SMILES string of the molecule is Cc1cccc(-c2nc(CN3CCC(CC(N)=O)CC3)no2)c1. The van der Waals surface area contributed by atoms with Crippen molar-refractivity contribution in [1.82, 2.24) is 15.0 Å². The molecule has 122 valence electrons. The molecule has 6 nitrogen and oxygen atoms in total. The van der Waals surface area contributed by atoms with Gasteiger partial charge in [-0.3, -0.25) is 9.69 Å². The van der Waals surface area contributed by atoms with Crippen LogP contribution in [-0.2, 0) is 11.3 Å². The Morgan fingerprint density at radius 1 is 1.39 bits per heavy atom. The highest BCUT2D eigenvalue weighted by Gasteiger charge is 2.22. The van der Waals surface area contributed by atoms with Crippen molar-refractivity contribution in [3.05, 3.63) is 35.7 Å². The molecular weight excluding hydrogens is 292 g/mol. The number of aryl methyl sites for hydroxylation is 1. The van der Waals surface area contributed by atoms with Gasteiger partial charge in [-0.15, -0.1) is 0 Å². The number of rotatable bonds is 5. The molecule has 0 aliphatic carbocycles. The van der Waals surface area contributed by atoms with Crippen LogP contribution in [-0.4, -0.2) is 34.0 Å². The summed E-state index contributed by atoms with van der Waals surface area (Å²) in [6, 6.07) is 8.03. The van der Waals surface area contributed by atoms with Gasteiger partial charge < -0.3 is 10.3 Å².